The van der Waals surface area contributed by atoms with Crippen LogP contribution in [0, 0.1) is 0 Å². The molecule has 0 saturated carbocycles. The van der Waals surface area contributed by atoms with E-state index in [1.807, 2.05) is 78.2 Å². The van der Waals surface area contributed by atoms with Gasteiger partial charge < -0.3 is 10.6 Å². The molecule has 1 unspecified atom stereocenters. The van der Waals surface area contributed by atoms with Gasteiger partial charge in [-0.1, -0.05) is 37.9 Å². The number of carbonyl (C=O) groups excluding carboxylic acids is 1. The summed E-state index contributed by atoms with van der Waals surface area (Å²) in [5.74, 6) is 0.00549. The molecular weight excluding hydrogens is 500 g/mol. The quantitative estimate of drug-likeness (QED) is 0.371. The Morgan fingerprint density at radius 2 is 1.54 bits per heavy atom. The lowest BCUT2D eigenvalue weighted by atomic mass is 10.1. The lowest BCUT2D eigenvalue weighted by Crippen LogP contribution is -2.19. The minimum absolute atomic E-state index is 0.00549. The van der Waals surface area contributed by atoms with E-state index >= 15 is 0 Å². The average Bonchev–Trinajstić information content (AvgIpc) is 3.30. The van der Waals surface area contributed by atoms with Gasteiger partial charge in [0.2, 0.25) is 5.78 Å². The van der Waals surface area contributed by atoms with Gasteiger partial charge in [-0.2, -0.15) is 0 Å². The molecule has 1 aromatic heterocycles. The maximum absolute atomic E-state index is 13.1. The van der Waals surface area contributed by atoms with Crippen LogP contribution in [-0.4, -0.2) is 11.8 Å². The zero-order valence-electron chi connectivity index (χ0n) is 14.7. The molecule has 1 aliphatic carbocycles. The molecular formula is C22H16Br2N2OS. The topological polar surface area (TPSA) is 41.1 Å². The van der Waals surface area contributed by atoms with Crippen molar-refractivity contribution in [2.45, 2.75) is 6.04 Å². The molecule has 1 atom stereocenters. The van der Waals surface area contributed by atoms with Crippen LogP contribution in [-0.2, 0) is 4.79 Å². The smallest absolute Gasteiger partial charge is 0.207 e. The fourth-order valence-corrected chi connectivity index (χ4v) is 4.14. The van der Waals surface area contributed by atoms with Gasteiger partial charge in [-0.3, -0.25) is 4.79 Å². The molecule has 1 heterocycles. The number of anilines is 2. The van der Waals surface area contributed by atoms with E-state index in [4.69, 9.17) is 0 Å². The van der Waals surface area contributed by atoms with Gasteiger partial charge >= 0.3 is 0 Å². The van der Waals surface area contributed by atoms with E-state index < -0.39 is 0 Å². The van der Waals surface area contributed by atoms with Crippen LogP contribution in [0.15, 0.2) is 92.3 Å². The number of hydrogen-bond acceptors (Lipinski definition) is 4. The van der Waals surface area contributed by atoms with E-state index in [0.717, 1.165) is 30.8 Å². The predicted octanol–water partition coefficient (Wildman–Crippen LogP) is 6.72. The maximum Gasteiger partial charge on any atom is 0.207 e. The standard InChI is InChI=1S/C22H16Br2N2OS/c23-14-3-7-16(8-4-14)25-20-13-21(26-17-9-5-15(24)6-10-17)22(27)19(20)12-18-2-1-11-28-18/h1-13,20,25-26H. The van der Waals surface area contributed by atoms with Crippen molar-refractivity contribution in [2.75, 3.05) is 10.6 Å². The zero-order chi connectivity index (χ0) is 19.5. The molecule has 0 radical (unpaired) electrons. The average molecular weight is 516 g/mol. The van der Waals surface area contributed by atoms with E-state index in [2.05, 4.69) is 42.5 Å². The van der Waals surface area contributed by atoms with Crippen LogP contribution >= 0.6 is 43.2 Å². The van der Waals surface area contributed by atoms with E-state index in [9.17, 15) is 4.79 Å². The Morgan fingerprint density at radius 1 is 0.893 bits per heavy atom. The minimum Gasteiger partial charge on any atom is -0.374 e. The highest BCUT2D eigenvalue weighted by Gasteiger charge is 2.30. The van der Waals surface area contributed by atoms with Crippen LogP contribution < -0.4 is 10.6 Å². The Labute approximate surface area is 184 Å². The number of rotatable bonds is 5. The summed E-state index contributed by atoms with van der Waals surface area (Å²) in [6, 6.07) is 19.5. The normalized spacial score (nSPS) is 17.6. The van der Waals surface area contributed by atoms with Crippen molar-refractivity contribution in [1.29, 1.82) is 0 Å². The largest absolute Gasteiger partial charge is 0.374 e. The van der Waals surface area contributed by atoms with Gasteiger partial charge in [0.15, 0.2) is 0 Å². The Bertz CT molecular complexity index is 1040. The fraction of sp³-hybridized carbons (Fsp3) is 0.0455. The number of Topliss-reactive ketones (excluding diaryl/α,β-unsaturated/α-hetero) is 1. The van der Waals surface area contributed by atoms with Crippen LogP contribution in [0.5, 0.6) is 0 Å². The van der Waals surface area contributed by atoms with Gasteiger partial charge in [-0.05, 0) is 72.1 Å². The number of carbonyl (C=O) groups is 1. The molecule has 0 amide bonds. The third kappa shape index (κ3) is 4.46. The van der Waals surface area contributed by atoms with Gasteiger partial charge in [0, 0.05) is 30.8 Å². The molecule has 3 nitrogen and oxygen atoms in total. The van der Waals surface area contributed by atoms with Gasteiger partial charge in [0.1, 0.15) is 0 Å². The second kappa shape index (κ2) is 8.47. The maximum atomic E-state index is 13.1. The molecule has 0 fully saturated rings. The Morgan fingerprint density at radius 3 is 2.14 bits per heavy atom. The summed E-state index contributed by atoms with van der Waals surface area (Å²) in [7, 11) is 0. The van der Waals surface area contributed by atoms with Crippen LogP contribution in [0.2, 0.25) is 0 Å². The van der Waals surface area contributed by atoms with Gasteiger partial charge in [-0.15, -0.1) is 11.3 Å². The van der Waals surface area contributed by atoms with Gasteiger partial charge in [0.25, 0.3) is 0 Å². The Balaban J connectivity index is 1.63. The van der Waals surface area contributed by atoms with Crippen molar-refractivity contribution in [3.8, 4) is 0 Å². The third-order valence-electron chi connectivity index (χ3n) is 4.31. The second-order valence-electron chi connectivity index (χ2n) is 6.29. The van der Waals surface area contributed by atoms with Crippen molar-refractivity contribution >= 4 is 66.4 Å². The highest BCUT2D eigenvalue weighted by atomic mass is 79.9. The first-order chi connectivity index (χ1) is 13.6. The molecule has 0 bridgehead atoms. The molecule has 0 aliphatic heterocycles. The molecule has 3 aromatic rings. The van der Waals surface area contributed by atoms with Gasteiger partial charge in [0.05, 0.1) is 11.7 Å². The first-order valence-corrected chi connectivity index (χ1v) is 11.1. The molecule has 28 heavy (non-hydrogen) atoms. The van der Waals surface area contributed by atoms with E-state index in [-0.39, 0.29) is 11.8 Å². The molecule has 1 aliphatic rings. The van der Waals surface area contributed by atoms with Crippen molar-refractivity contribution < 1.29 is 4.79 Å². The zero-order valence-corrected chi connectivity index (χ0v) is 18.6. The van der Waals surface area contributed by atoms with Gasteiger partial charge in [-0.25, -0.2) is 0 Å². The molecule has 4 rings (SSSR count). The minimum atomic E-state index is -0.200. The number of ketones is 1. The fourth-order valence-electron chi connectivity index (χ4n) is 2.94. The predicted molar refractivity (Wildman–Crippen MR) is 125 cm³/mol. The summed E-state index contributed by atoms with van der Waals surface area (Å²) in [5.41, 5.74) is 3.14. The number of hydrogen-bond donors (Lipinski definition) is 2. The summed E-state index contributed by atoms with van der Waals surface area (Å²) < 4.78 is 2.01. The van der Waals surface area contributed by atoms with Crippen LogP contribution in [0.1, 0.15) is 4.88 Å². The van der Waals surface area contributed by atoms with Crippen LogP contribution in [0.3, 0.4) is 0 Å². The number of benzene rings is 2. The summed E-state index contributed by atoms with van der Waals surface area (Å²) in [6.45, 7) is 0. The molecule has 0 spiro atoms. The number of nitrogens with one attached hydrogen (secondary N) is 2. The highest BCUT2D eigenvalue weighted by Crippen LogP contribution is 2.29. The summed E-state index contributed by atoms with van der Waals surface area (Å²) in [6.07, 6.45) is 3.92. The SMILES string of the molecule is O=C1C(Nc2ccc(Br)cc2)=CC(Nc2ccc(Br)cc2)C1=Cc1cccs1. The summed E-state index contributed by atoms with van der Waals surface area (Å²) in [4.78, 5) is 14.2. The molecule has 140 valence electrons. The number of thiophene rings is 1. The van der Waals surface area contributed by atoms with E-state index in [0.29, 0.717) is 5.70 Å². The second-order valence-corrected chi connectivity index (χ2v) is 9.10. The first kappa shape index (κ1) is 19.2. The Hall–Kier alpha value is -2.15. The van der Waals surface area contributed by atoms with Crippen molar-refractivity contribution in [3.05, 3.63) is 97.2 Å². The molecule has 6 heteroatoms. The molecule has 2 aromatic carbocycles. The highest BCUT2D eigenvalue weighted by molar-refractivity contribution is 9.10. The Kier molecular flexibility index (Phi) is 5.80. The van der Waals surface area contributed by atoms with Crippen LogP contribution in [0.25, 0.3) is 6.08 Å². The number of halogens is 2. The molecule has 2 N–H and O–H groups in total. The molecule has 0 saturated heterocycles. The summed E-state index contributed by atoms with van der Waals surface area (Å²) >= 11 is 8.51. The first-order valence-electron chi connectivity index (χ1n) is 8.65. The lowest BCUT2D eigenvalue weighted by molar-refractivity contribution is -0.111. The monoisotopic (exact) mass is 514 g/mol. The lowest BCUT2D eigenvalue weighted by Gasteiger charge is -2.14. The van der Waals surface area contributed by atoms with Crippen molar-refractivity contribution in [1.82, 2.24) is 0 Å². The number of allylic oxidation sites excluding steroid dienone is 1. The van der Waals surface area contributed by atoms with E-state index in [1.54, 1.807) is 11.3 Å². The van der Waals surface area contributed by atoms with Crippen molar-refractivity contribution in [3.63, 3.8) is 0 Å². The van der Waals surface area contributed by atoms with E-state index in [1.165, 1.54) is 0 Å². The van der Waals surface area contributed by atoms with Crippen LogP contribution in [0.4, 0.5) is 11.4 Å². The summed E-state index contributed by atoms with van der Waals surface area (Å²) in [5, 5.41) is 8.73. The third-order valence-corrected chi connectivity index (χ3v) is 6.18. The van der Waals surface area contributed by atoms with Crippen molar-refractivity contribution in [2.24, 2.45) is 0 Å².